The Bertz CT molecular complexity index is 783. The van der Waals surface area contributed by atoms with Crippen LogP contribution < -0.4 is 27.7 Å². The molecule has 1 aromatic heterocycles. The van der Waals surface area contributed by atoms with Gasteiger partial charge in [0.15, 0.2) is 11.5 Å². The molecular formula is C12H12N6O4. The van der Waals surface area contributed by atoms with Crippen LogP contribution in [0.5, 0.6) is 0 Å². The third kappa shape index (κ3) is 3.30. The minimum atomic E-state index is -1.08. The van der Waals surface area contributed by atoms with Gasteiger partial charge in [0.05, 0.1) is 5.56 Å². The maximum Gasteiger partial charge on any atom is 0.335 e. The minimum Gasteiger partial charge on any atom is -0.478 e. The van der Waals surface area contributed by atoms with Gasteiger partial charge < -0.3 is 21.9 Å². The molecule has 0 bridgehead atoms. The van der Waals surface area contributed by atoms with E-state index in [2.05, 4.69) is 20.6 Å². The van der Waals surface area contributed by atoms with Crippen molar-refractivity contribution in [2.45, 2.75) is 0 Å². The number of nitrogens with two attached hydrogens (primary N) is 2. The Balaban J connectivity index is 2.10. The molecule has 10 nitrogen and oxygen atoms in total. The van der Waals surface area contributed by atoms with Crippen molar-refractivity contribution < 1.29 is 14.7 Å². The second-order valence-corrected chi connectivity index (χ2v) is 4.17. The number of nitrogens with zero attached hydrogens (tertiary/aromatic N) is 1. The van der Waals surface area contributed by atoms with Gasteiger partial charge in [-0.05, 0) is 24.3 Å². The van der Waals surface area contributed by atoms with Gasteiger partial charge in [0.1, 0.15) is 0 Å². The van der Waals surface area contributed by atoms with Crippen LogP contribution in [-0.2, 0) is 0 Å². The maximum absolute atomic E-state index is 11.8. The number of carbonyl (C=O) groups excluding carboxylic acids is 1. The highest BCUT2D eigenvalue weighted by Gasteiger charge is 2.12. The van der Waals surface area contributed by atoms with Gasteiger partial charge in [-0.1, -0.05) is 0 Å². The summed E-state index contributed by atoms with van der Waals surface area (Å²) in [6, 6.07) is 4.70. The first-order chi connectivity index (χ1) is 10.4. The van der Waals surface area contributed by atoms with Crippen LogP contribution >= 0.6 is 0 Å². The van der Waals surface area contributed by atoms with Crippen LogP contribution in [0.1, 0.15) is 10.4 Å². The number of hydrogen-bond donors (Lipinski definition) is 6. The molecule has 2 rings (SSSR count). The standard InChI is InChI=1S/C12H12N6O4/c13-8-7(9(19)18-11(14)17-8)16-12(22)15-6-3-1-5(2-4-6)10(20)21/h1-4H,(H,20,21)(H2,15,16,22)(H5,13,14,17,18,19). The topological polar surface area (TPSA) is 176 Å². The van der Waals surface area contributed by atoms with Crippen molar-refractivity contribution in [2.75, 3.05) is 22.1 Å². The molecule has 0 unspecified atom stereocenters. The zero-order valence-corrected chi connectivity index (χ0v) is 11.1. The van der Waals surface area contributed by atoms with E-state index in [-0.39, 0.29) is 23.0 Å². The third-order valence-electron chi connectivity index (χ3n) is 2.59. The Hall–Kier alpha value is -3.56. The number of H-pyrrole nitrogens is 1. The number of nitrogen functional groups attached to an aromatic ring is 2. The molecule has 0 aliphatic rings. The number of anilines is 4. The van der Waals surface area contributed by atoms with E-state index in [0.29, 0.717) is 5.69 Å². The van der Waals surface area contributed by atoms with E-state index in [4.69, 9.17) is 16.6 Å². The monoisotopic (exact) mass is 304 g/mol. The highest BCUT2D eigenvalue weighted by Crippen LogP contribution is 2.12. The molecule has 1 aromatic carbocycles. The molecule has 0 radical (unpaired) electrons. The molecular weight excluding hydrogens is 292 g/mol. The Morgan fingerprint density at radius 2 is 1.77 bits per heavy atom. The van der Waals surface area contributed by atoms with Crippen molar-refractivity contribution in [3.63, 3.8) is 0 Å². The smallest absolute Gasteiger partial charge is 0.335 e. The van der Waals surface area contributed by atoms with Gasteiger partial charge in [0.25, 0.3) is 5.56 Å². The minimum absolute atomic E-state index is 0.0781. The molecule has 0 fully saturated rings. The van der Waals surface area contributed by atoms with Crippen molar-refractivity contribution in [1.29, 1.82) is 0 Å². The molecule has 22 heavy (non-hydrogen) atoms. The van der Waals surface area contributed by atoms with Crippen LogP contribution in [0, 0.1) is 0 Å². The van der Waals surface area contributed by atoms with E-state index in [1.165, 1.54) is 24.3 Å². The van der Waals surface area contributed by atoms with Crippen LogP contribution in [0.4, 0.5) is 27.9 Å². The Labute approximate surface area is 123 Å². The number of nitrogens with one attached hydrogen (secondary N) is 3. The molecule has 0 saturated heterocycles. The van der Waals surface area contributed by atoms with Gasteiger partial charge in [-0.3, -0.25) is 15.1 Å². The highest BCUT2D eigenvalue weighted by atomic mass is 16.4. The Kier molecular flexibility index (Phi) is 3.93. The first-order valence-corrected chi connectivity index (χ1v) is 5.93. The summed E-state index contributed by atoms with van der Waals surface area (Å²) in [6.07, 6.45) is 0. The fourth-order valence-corrected chi connectivity index (χ4v) is 1.60. The Morgan fingerprint density at radius 1 is 1.14 bits per heavy atom. The van der Waals surface area contributed by atoms with Gasteiger partial charge in [-0.25, -0.2) is 9.59 Å². The summed E-state index contributed by atoms with van der Waals surface area (Å²) in [5.41, 5.74) is 10.3. The normalized spacial score (nSPS) is 10.0. The second kappa shape index (κ2) is 5.83. The van der Waals surface area contributed by atoms with Gasteiger partial charge in [0.2, 0.25) is 5.95 Å². The quantitative estimate of drug-likeness (QED) is 0.471. The Morgan fingerprint density at radius 3 is 2.32 bits per heavy atom. The zero-order chi connectivity index (χ0) is 16.3. The fourth-order valence-electron chi connectivity index (χ4n) is 1.60. The first kappa shape index (κ1) is 14.8. The number of hydrogen-bond acceptors (Lipinski definition) is 6. The van der Waals surface area contributed by atoms with Crippen LogP contribution in [0.2, 0.25) is 0 Å². The van der Waals surface area contributed by atoms with E-state index < -0.39 is 17.6 Å². The van der Waals surface area contributed by atoms with Crippen LogP contribution in [0.25, 0.3) is 0 Å². The number of aromatic amines is 1. The summed E-state index contributed by atoms with van der Waals surface area (Å²) >= 11 is 0. The number of carboxylic acid groups (broad SMARTS) is 1. The number of aromatic carboxylic acids is 1. The lowest BCUT2D eigenvalue weighted by atomic mass is 10.2. The largest absolute Gasteiger partial charge is 0.478 e. The number of amides is 2. The molecule has 2 amide bonds. The summed E-state index contributed by atoms with van der Waals surface area (Å²) < 4.78 is 0. The van der Waals surface area contributed by atoms with Crippen molar-refractivity contribution in [2.24, 2.45) is 0 Å². The summed E-state index contributed by atoms with van der Waals surface area (Å²) in [5, 5.41) is 13.4. The number of aromatic nitrogens is 2. The van der Waals surface area contributed by atoms with Crippen molar-refractivity contribution >= 4 is 35.1 Å². The van der Waals surface area contributed by atoms with E-state index in [1.807, 2.05) is 0 Å². The van der Waals surface area contributed by atoms with Gasteiger partial charge in [-0.2, -0.15) is 4.98 Å². The number of carbonyl (C=O) groups is 2. The third-order valence-corrected chi connectivity index (χ3v) is 2.59. The number of urea groups is 1. The molecule has 1 heterocycles. The first-order valence-electron chi connectivity index (χ1n) is 5.93. The average molecular weight is 304 g/mol. The lowest BCUT2D eigenvalue weighted by molar-refractivity contribution is 0.0697. The lowest BCUT2D eigenvalue weighted by Crippen LogP contribution is -2.26. The lowest BCUT2D eigenvalue weighted by Gasteiger charge is -2.09. The predicted molar refractivity (Wildman–Crippen MR) is 79.7 cm³/mol. The molecule has 0 aliphatic carbocycles. The molecule has 2 aromatic rings. The number of benzene rings is 1. The molecule has 8 N–H and O–H groups in total. The molecule has 0 spiro atoms. The molecule has 10 heteroatoms. The predicted octanol–water partition coefficient (Wildman–Crippen LogP) is 0.276. The summed E-state index contributed by atoms with van der Waals surface area (Å²) in [5.74, 6) is -1.47. The molecule has 114 valence electrons. The van der Waals surface area contributed by atoms with Gasteiger partial charge >= 0.3 is 12.0 Å². The number of carboxylic acids is 1. The van der Waals surface area contributed by atoms with E-state index in [9.17, 15) is 14.4 Å². The summed E-state index contributed by atoms with van der Waals surface area (Å²) in [4.78, 5) is 39.9. The van der Waals surface area contributed by atoms with Crippen LogP contribution in [0.3, 0.4) is 0 Å². The highest BCUT2D eigenvalue weighted by molar-refractivity contribution is 6.01. The molecule has 0 aliphatic heterocycles. The van der Waals surface area contributed by atoms with Gasteiger partial charge in [-0.15, -0.1) is 0 Å². The molecule has 0 atom stereocenters. The van der Waals surface area contributed by atoms with Crippen molar-refractivity contribution in [3.8, 4) is 0 Å². The van der Waals surface area contributed by atoms with Crippen LogP contribution in [-0.4, -0.2) is 27.1 Å². The van der Waals surface area contributed by atoms with E-state index in [1.54, 1.807) is 0 Å². The van der Waals surface area contributed by atoms with E-state index >= 15 is 0 Å². The average Bonchev–Trinajstić information content (AvgIpc) is 2.43. The number of rotatable bonds is 3. The maximum atomic E-state index is 11.8. The van der Waals surface area contributed by atoms with Crippen molar-refractivity contribution in [1.82, 2.24) is 9.97 Å². The summed E-state index contributed by atoms with van der Waals surface area (Å²) in [7, 11) is 0. The zero-order valence-electron chi connectivity index (χ0n) is 11.1. The van der Waals surface area contributed by atoms with Crippen molar-refractivity contribution in [3.05, 3.63) is 40.2 Å². The van der Waals surface area contributed by atoms with E-state index in [0.717, 1.165) is 0 Å². The SMILES string of the molecule is Nc1nc(N)c(NC(=O)Nc2ccc(C(=O)O)cc2)c(=O)[nH]1. The molecule has 0 saturated carbocycles. The fraction of sp³-hybridized carbons (Fsp3) is 0. The van der Waals surface area contributed by atoms with Gasteiger partial charge in [0, 0.05) is 5.69 Å². The van der Waals surface area contributed by atoms with Crippen LogP contribution in [0.15, 0.2) is 29.1 Å². The second-order valence-electron chi connectivity index (χ2n) is 4.17. The summed E-state index contributed by atoms with van der Waals surface area (Å²) in [6.45, 7) is 0.